The number of aromatic hydroxyl groups is 1. The van der Waals surface area contributed by atoms with Crippen LogP contribution >= 0.6 is 0 Å². The van der Waals surface area contributed by atoms with E-state index in [4.69, 9.17) is 4.74 Å². The number of carbonyl (C=O) groups excluding carboxylic acids is 2. The summed E-state index contributed by atoms with van der Waals surface area (Å²) >= 11 is 0. The van der Waals surface area contributed by atoms with E-state index in [0.29, 0.717) is 42.8 Å². The highest BCUT2D eigenvalue weighted by molar-refractivity contribution is 5.99. The molecule has 1 aliphatic rings. The van der Waals surface area contributed by atoms with Crippen molar-refractivity contribution >= 4 is 22.8 Å². The van der Waals surface area contributed by atoms with Crippen molar-refractivity contribution in [2.75, 3.05) is 13.1 Å². The van der Waals surface area contributed by atoms with Gasteiger partial charge in [-0.25, -0.2) is 15.0 Å². The molecule has 2 amide bonds. The van der Waals surface area contributed by atoms with Gasteiger partial charge in [0.25, 0.3) is 5.91 Å². The molecule has 1 fully saturated rings. The third-order valence-corrected chi connectivity index (χ3v) is 5.85. The highest BCUT2D eigenvalue weighted by Gasteiger charge is 2.33. The molecule has 1 saturated heterocycles. The van der Waals surface area contributed by atoms with Gasteiger partial charge in [0.1, 0.15) is 12.1 Å². The third-order valence-electron chi connectivity index (χ3n) is 5.85. The number of benzene rings is 1. The van der Waals surface area contributed by atoms with Gasteiger partial charge in [-0.3, -0.25) is 14.6 Å². The number of nitrogens with one attached hydrogen (secondary N) is 1. The predicted molar refractivity (Wildman–Crippen MR) is 124 cm³/mol. The highest BCUT2D eigenvalue weighted by atomic mass is 16.5. The van der Waals surface area contributed by atoms with Gasteiger partial charge in [-0.05, 0) is 25.0 Å². The molecule has 10 heteroatoms. The maximum Gasteiger partial charge on any atom is 0.276 e. The molecule has 1 aromatic carbocycles. The number of aryl methyl sites for hydroxylation is 1. The third kappa shape index (κ3) is 5.05. The Morgan fingerprint density at radius 1 is 1.09 bits per heavy atom. The number of rotatable bonds is 6. The number of piperidine rings is 1. The molecule has 1 atom stereocenters. The molecular weight excluding hydrogens is 436 g/mol. The Balaban J connectivity index is 1.41. The molecule has 34 heavy (non-hydrogen) atoms. The van der Waals surface area contributed by atoms with Crippen LogP contribution in [0.5, 0.6) is 11.8 Å². The normalized spacial score (nSPS) is 15.4. The quantitative estimate of drug-likeness (QED) is 0.568. The average molecular weight is 465 g/mol. The zero-order chi connectivity index (χ0) is 24.2. The minimum Gasteiger partial charge on any atom is -0.492 e. The van der Waals surface area contributed by atoms with Crippen LogP contribution in [0.25, 0.3) is 11.0 Å². The number of hydrogen-bond acceptors (Lipinski definition) is 8. The van der Waals surface area contributed by atoms with Gasteiger partial charge < -0.3 is 20.1 Å². The van der Waals surface area contributed by atoms with Gasteiger partial charge in [0.05, 0.1) is 16.7 Å². The van der Waals surface area contributed by atoms with Crippen molar-refractivity contribution in [3.63, 3.8) is 0 Å². The molecule has 178 valence electrons. The van der Waals surface area contributed by atoms with Gasteiger partial charge >= 0.3 is 0 Å². The fourth-order valence-corrected chi connectivity index (χ4v) is 3.93. The molecule has 10 nitrogen and oxygen atoms in total. The minimum atomic E-state index is -0.764. The van der Waals surface area contributed by atoms with Crippen LogP contribution in [0.3, 0.4) is 0 Å². The second kappa shape index (κ2) is 9.98. The van der Waals surface area contributed by atoms with Crippen molar-refractivity contribution in [3.8, 4) is 11.8 Å². The first-order valence-electron chi connectivity index (χ1n) is 11.3. The fraction of sp³-hybridized carbons (Fsp3) is 0.417. The van der Waals surface area contributed by atoms with Crippen LogP contribution in [-0.4, -0.2) is 67.0 Å². The van der Waals surface area contributed by atoms with E-state index in [1.807, 2.05) is 20.8 Å². The SMILES string of the molecule is Cc1nccnc1OC1CCN(C(=O)[C@@H](NC(=O)c2nc3ccccc3nc2O)C(C)C)CC1. The summed E-state index contributed by atoms with van der Waals surface area (Å²) in [7, 11) is 0. The Morgan fingerprint density at radius 2 is 1.74 bits per heavy atom. The number of amides is 2. The lowest BCUT2D eigenvalue weighted by atomic mass is 10.00. The lowest BCUT2D eigenvalue weighted by molar-refractivity contribution is -0.136. The van der Waals surface area contributed by atoms with Crippen molar-refractivity contribution in [2.45, 2.75) is 45.8 Å². The maximum atomic E-state index is 13.3. The number of ether oxygens (including phenoxy) is 1. The molecule has 0 bridgehead atoms. The summed E-state index contributed by atoms with van der Waals surface area (Å²) in [6.45, 7) is 6.57. The topological polar surface area (TPSA) is 130 Å². The molecule has 4 rings (SSSR count). The van der Waals surface area contributed by atoms with Crippen molar-refractivity contribution in [1.29, 1.82) is 0 Å². The van der Waals surface area contributed by atoms with Gasteiger partial charge in [0, 0.05) is 38.3 Å². The average Bonchev–Trinajstić information content (AvgIpc) is 2.83. The molecule has 1 aliphatic heterocycles. The van der Waals surface area contributed by atoms with E-state index in [0.717, 1.165) is 5.69 Å². The van der Waals surface area contributed by atoms with Crippen LogP contribution in [-0.2, 0) is 4.79 Å². The first kappa shape index (κ1) is 23.3. The summed E-state index contributed by atoms with van der Waals surface area (Å²) in [5, 5.41) is 13.0. The molecule has 3 aromatic rings. The second-order valence-electron chi connectivity index (χ2n) is 8.67. The standard InChI is InChI=1S/C24H28N6O4/c1-14(2)19(29-22(32)20-21(31)28-18-7-5-4-6-17(18)27-20)24(33)30-12-8-16(9-13-30)34-23-15(3)25-10-11-26-23/h4-7,10-11,14,16,19H,8-9,12-13H2,1-3H3,(H,28,31)(H,29,32)/t19-/m0/s1. The van der Waals surface area contributed by atoms with Crippen LogP contribution < -0.4 is 10.1 Å². The molecular formula is C24H28N6O4. The number of aromatic nitrogens is 4. The van der Waals surface area contributed by atoms with Crippen molar-refractivity contribution < 1.29 is 19.4 Å². The summed E-state index contributed by atoms with van der Waals surface area (Å²) in [6.07, 6.45) is 4.45. The van der Waals surface area contributed by atoms with Crippen LogP contribution in [0.1, 0.15) is 42.9 Å². The van der Waals surface area contributed by atoms with Gasteiger partial charge in [0.2, 0.25) is 17.7 Å². The van der Waals surface area contributed by atoms with E-state index in [2.05, 4.69) is 25.3 Å². The molecule has 0 aliphatic carbocycles. The zero-order valence-electron chi connectivity index (χ0n) is 19.4. The smallest absolute Gasteiger partial charge is 0.276 e. The predicted octanol–water partition coefficient (Wildman–Crippen LogP) is 2.26. The summed E-state index contributed by atoms with van der Waals surface area (Å²) in [6, 6.07) is 6.18. The van der Waals surface area contributed by atoms with E-state index >= 15 is 0 Å². The Kier molecular flexibility index (Phi) is 6.85. The first-order chi connectivity index (χ1) is 16.3. The summed E-state index contributed by atoms with van der Waals surface area (Å²) in [5.74, 6) is -0.938. The summed E-state index contributed by atoms with van der Waals surface area (Å²) in [5.41, 5.74) is 1.49. The molecule has 3 heterocycles. The van der Waals surface area contributed by atoms with E-state index in [1.54, 1.807) is 41.6 Å². The van der Waals surface area contributed by atoms with Gasteiger partial charge in [-0.15, -0.1) is 0 Å². The van der Waals surface area contributed by atoms with Gasteiger partial charge in [-0.1, -0.05) is 26.0 Å². The van der Waals surface area contributed by atoms with Crippen LogP contribution in [0.2, 0.25) is 0 Å². The number of para-hydroxylation sites is 2. The minimum absolute atomic E-state index is 0.0589. The maximum absolute atomic E-state index is 13.3. The molecule has 0 unspecified atom stereocenters. The Labute approximate surface area is 197 Å². The number of nitrogens with zero attached hydrogens (tertiary/aromatic N) is 5. The van der Waals surface area contributed by atoms with E-state index in [9.17, 15) is 14.7 Å². The molecule has 2 aromatic heterocycles. The second-order valence-corrected chi connectivity index (χ2v) is 8.67. The van der Waals surface area contributed by atoms with Crippen molar-refractivity contribution in [2.24, 2.45) is 5.92 Å². The zero-order valence-corrected chi connectivity index (χ0v) is 19.4. The van der Waals surface area contributed by atoms with Crippen LogP contribution in [0.15, 0.2) is 36.7 Å². The number of hydrogen-bond donors (Lipinski definition) is 2. The fourth-order valence-electron chi connectivity index (χ4n) is 3.93. The number of fused-ring (bicyclic) bond motifs is 1. The Bertz CT molecular complexity index is 1190. The van der Waals surface area contributed by atoms with Gasteiger partial charge in [0.15, 0.2) is 5.69 Å². The number of likely N-dealkylation sites (tertiary alicyclic amines) is 1. The lowest BCUT2D eigenvalue weighted by Crippen LogP contribution is -2.53. The van der Waals surface area contributed by atoms with E-state index in [-0.39, 0.29) is 23.6 Å². The van der Waals surface area contributed by atoms with Crippen LogP contribution in [0.4, 0.5) is 0 Å². The molecule has 0 spiro atoms. The lowest BCUT2D eigenvalue weighted by Gasteiger charge is -2.35. The summed E-state index contributed by atoms with van der Waals surface area (Å²) in [4.78, 5) is 44.6. The number of carbonyl (C=O) groups is 2. The molecule has 2 N–H and O–H groups in total. The van der Waals surface area contributed by atoms with Crippen molar-refractivity contribution in [1.82, 2.24) is 30.2 Å². The van der Waals surface area contributed by atoms with E-state index < -0.39 is 17.8 Å². The van der Waals surface area contributed by atoms with Crippen LogP contribution in [0, 0.1) is 12.8 Å². The highest BCUT2D eigenvalue weighted by Crippen LogP contribution is 2.21. The largest absolute Gasteiger partial charge is 0.492 e. The monoisotopic (exact) mass is 464 g/mol. The van der Waals surface area contributed by atoms with Gasteiger partial charge in [-0.2, -0.15) is 0 Å². The molecule has 0 saturated carbocycles. The van der Waals surface area contributed by atoms with E-state index in [1.165, 1.54) is 0 Å². The Morgan fingerprint density at radius 3 is 2.38 bits per heavy atom. The summed E-state index contributed by atoms with van der Waals surface area (Å²) < 4.78 is 5.97. The first-order valence-corrected chi connectivity index (χ1v) is 11.3. The van der Waals surface area contributed by atoms with Crippen molar-refractivity contribution in [3.05, 3.63) is 48.0 Å². The molecule has 0 radical (unpaired) electrons. The Hall–Kier alpha value is -3.82.